The Balaban J connectivity index is 1.25. The Morgan fingerprint density at radius 1 is 0.970 bits per heavy atom. The van der Waals surface area contributed by atoms with Gasteiger partial charge in [0.25, 0.3) is 0 Å². The number of amides is 3. The molecule has 5 rings (SSSR count). The predicted molar refractivity (Wildman–Crippen MR) is 129 cm³/mol. The van der Waals surface area contributed by atoms with Gasteiger partial charge in [-0.25, -0.2) is 4.79 Å². The van der Waals surface area contributed by atoms with Crippen LogP contribution in [0, 0.1) is 6.92 Å². The van der Waals surface area contributed by atoms with Gasteiger partial charge < -0.3 is 19.9 Å². The molecule has 0 radical (unpaired) electrons. The van der Waals surface area contributed by atoms with E-state index in [1.165, 1.54) is 5.56 Å². The third-order valence-electron chi connectivity index (χ3n) is 7.45. The van der Waals surface area contributed by atoms with Crippen LogP contribution in [0.4, 0.5) is 10.5 Å². The van der Waals surface area contributed by atoms with E-state index >= 15 is 0 Å². The molecule has 1 spiro atoms. The Morgan fingerprint density at radius 3 is 2.39 bits per heavy atom. The second-order valence-electron chi connectivity index (χ2n) is 9.80. The van der Waals surface area contributed by atoms with Gasteiger partial charge in [-0.1, -0.05) is 35.9 Å². The van der Waals surface area contributed by atoms with E-state index in [-0.39, 0.29) is 23.5 Å². The summed E-state index contributed by atoms with van der Waals surface area (Å²) >= 11 is 0. The number of carbonyl (C=O) groups is 2. The summed E-state index contributed by atoms with van der Waals surface area (Å²) in [6.45, 7) is 5.10. The number of rotatable bonds is 3. The highest BCUT2D eigenvalue weighted by atomic mass is 16.5. The molecule has 0 bridgehead atoms. The summed E-state index contributed by atoms with van der Waals surface area (Å²) in [6.07, 6.45) is 5.14. The zero-order valence-electron chi connectivity index (χ0n) is 19.4. The minimum Gasteiger partial charge on any atom is -0.487 e. The van der Waals surface area contributed by atoms with Crippen LogP contribution in [0.25, 0.3) is 0 Å². The van der Waals surface area contributed by atoms with E-state index in [9.17, 15) is 9.59 Å². The number of carbonyl (C=O) groups excluding carboxylic acids is 2. The van der Waals surface area contributed by atoms with E-state index in [0.29, 0.717) is 19.5 Å². The largest absolute Gasteiger partial charge is 0.487 e. The van der Waals surface area contributed by atoms with E-state index in [0.717, 1.165) is 62.2 Å². The number of nitrogens with zero attached hydrogens (tertiary/aromatic N) is 2. The monoisotopic (exact) mass is 447 g/mol. The fourth-order valence-corrected chi connectivity index (χ4v) is 5.50. The van der Waals surface area contributed by atoms with Gasteiger partial charge >= 0.3 is 6.03 Å². The lowest BCUT2D eigenvalue weighted by Crippen LogP contribution is -2.52. The van der Waals surface area contributed by atoms with E-state index in [1.807, 2.05) is 59.2 Å². The van der Waals surface area contributed by atoms with Crippen LogP contribution >= 0.6 is 0 Å². The summed E-state index contributed by atoms with van der Waals surface area (Å²) in [7, 11) is 0. The van der Waals surface area contributed by atoms with Crippen molar-refractivity contribution in [2.75, 3.05) is 31.5 Å². The Morgan fingerprint density at radius 2 is 1.67 bits per heavy atom. The first kappa shape index (κ1) is 21.8. The van der Waals surface area contributed by atoms with Crippen molar-refractivity contribution in [2.24, 2.45) is 0 Å². The van der Waals surface area contributed by atoms with Crippen LogP contribution in [0.1, 0.15) is 55.6 Å². The molecule has 2 saturated heterocycles. The maximum Gasteiger partial charge on any atom is 0.321 e. The van der Waals surface area contributed by atoms with Crippen molar-refractivity contribution in [1.82, 2.24) is 9.80 Å². The molecule has 3 aliphatic rings. The molecule has 33 heavy (non-hydrogen) atoms. The van der Waals surface area contributed by atoms with Gasteiger partial charge in [-0.15, -0.1) is 0 Å². The molecule has 2 fully saturated rings. The molecule has 174 valence electrons. The standard InChI is InChI=1S/C27H33N3O3/c1-20-8-10-22(11-9-20)28-26(32)30-16-12-27(13-17-30)19-21(18-25(31)29-14-4-5-15-29)23-6-2-3-7-24(23)33-27/h2-3,6-11,21H,4-5,12-19H2,1H3,(H,28,32). The summed E-state index contributed by atoms with van der Waals surface area (Å²) in [5.41, 5.74) is 2.81. The van der Waals surface area contributed by atoms with Crippen LogP contribution in [0.15, 0.2) is 48.5 Å². The molecule has 2 aromatic rings. The number of hydrogen-bond acceptors (Lipinski definition) is 3. The van der Waals surface area contributed by atoms with Crippen molar-refractivity contribution in [3.8, 4) is 5.75 Å². The van der Waals surface area contributed by atoms with Crippen LogP contribution < -0.4 is 10.1 Å². The Labute approximate surface area is 195 Å². The van der Waals surface area contributed by atoms with E-state index in [2.05, 4.69) is 11.4 Å². The molecule has 6 heteroatoms. The number of nitrogens with one attached hydrogen (secondary N) is 1. The molecule has 3 heterocycles. The normalized spacial score (nSPS) is 21.4. The highest BCUT2D eigenvalue weighted by Crippen LogP contribution is 2.46. The fourth-order valence-electron chi connectivity index (χ4n) is 5.50. The number of urea groups is 1. The van der Waals surface area contributed by atoms with Gasteiger partial charge in [0.05, 0.1) is 0 Å². The fraction of sp³-hybridized carbons (Fsp3) is 0.481. The van der Waals surface area contributed by atoms with Crippen molar-refractivity contribution in [3.05, 3.63) is 59.7 Å². The van der Waals surface area contributed by atoms with Crippen molar-refractivity contribution < 1.29 is 14.3 Å². The lowest BCUT2D eigenvalue weighted by Gasteiger charge is -2.47. The van der Waals surface area contributed by atoms with Gasteiger partial charge in [-0.05, 0) is 49.9 Å². The topological polar surface area (TPSA) is 61.9 Å². The van der Waals surface area contributed by atoms with Gasteiger partial charge in [-0.3, -0.25) is 4.79 Å². The summed E-state index contributed by atoms with van der Waals surface area (Å²) in [5.74, 6) is 1.33. The average Bonchev–Trinajstić information content (AvgIpc) is 3.36. The molecule has 6 nitrogen and oxygen atoms in total. The lowest BCUT2D eigenvalue weighted by atomic mass is 9.76. The van der Waals surface area contributed by atoms with Gasteiger partial charge in [0.15, 0.2) is 0 Å². The number of anilines is 1. The van der Waals surface area contributed by atoms with Crippen LogP contribution in [0.2, 0.25) is 0 Å². The summed E-state index contributed by atoms with van der Waals surface area (Å²) < 4.78 is 6.57. The van der Waals surface area contributed by atoms with Crippen LogP contribution in [-0.2, 0) is 4.79 Å². The molecule has 3 amide bonds. The number of para-hydroxylation sites is 1. The Kier molecular flexibility index (Phi) is 6.00. The van der Waals surface area contributed by atoms with E-state index < -0.39 is 0 Å². The SMILES string of the molecule is Cc1ccc(NC(=O)N2CCC3(CC2)CC(CC(=O)N2CCCC2)c2ccccc2O3)cc1. The number of likely N-dealkylation sites (tertiary alicyclic amines) is 2. The molecule has 1 atom stereocenters. The van der Waals surface area contributed by atoms with E-state index in [4.69, 9.17) is 4.74 Å². The van der Waals surface area contributed by atoms with Crippen LogP contribution in [0.3, 0.4) is 0 Å². The highest BCUT2D eigenvalue weighted by Gasteiger charge is 2.44. The first-order valence-corrected chi connectivity index (χ1v) is 12.2. The molecule has 0 saturated carbocycles. The van der Waals surface area contributed by atoms with Crippen molar-refractivity contribution >= 4 is 17.6 Å². The van der Waals surface area contributed by atoms with Crippen molar-refractivity contribution in [3.63, 3.8) is 0 Å². The summed E-state index contributed by atoms with van der Waals surface area (Å²) in [4.78, 5) is 29.6. The van der Waals surface area contributed by atoms with Gasteiger partial charge in [-0.2, -0.15) is 0 Å². The van der Waals surface area contributed by atoms with Crippen LogP contribution in [0.5, 0.6) is 5.75 Å². The third-order valence-corrected chi connectivity index (χ3v) is 7.45. The number of ether oxygens (including phenoxy) is 1. The second kappa shape index (κ2) is 9.08. The summed E-state index contributed by atoms with van der Waals surface area (Å²) in [6, 6.07) is 16.0. The average molecular weight is 448 g/mol. The smallest absolute Gasteiger partial charge is 0.321 e. The van der Waals surface area contributed by atoms with Gasteiger partial charge in [0, 0.05) is 57.0 Å². The minimum absolute atomic E-state index is 0.0642. The zero-order valence-corrected chi connectivity index (χ0v) is 19.4. The van der Waals surface area contributed by atoms with Gasteiger partial charge in [0.2, 0.25) is 5.91 Å². The molecule has 3 aliphatic heterocycles. The number of benzene rings is 2. The number of piperidine rings is 1. The quantitative estimate of drug-likeness (QED) is 0.725. The molecular weight excluding hydrogens is 414 g/mol. The first-order chi connectivity index (χ1) is 16.0. The molecule has 2 aromatic carbocycles. The maximum absolute atomic E-state index is 13.0. The van der Waals surface area contributed by atoms with Gasteiger partial charge in [0.1, 0.15) is 11.4 Å². The maximum atomic E-state index is 13.0. The molecule has 1 N–H and O–H groups in total. The highest BCUT2D eigenvalue weighted by molar-refractivity contribution is 5.89. The minimum atomic E-state index is -0.315. The number of hydrogen-bond donors (Lipinski definition) is 1. The first-order valence-electron chi connectivity index (χ1n) is 12.2. The van der Waals surface area contributed by atoms with Crippen LogP contribution in [-0.4, -0.2) is 53.5 Å². The molecule has 0 aromatic heterocycles. The number of fused-ring (bicyclic) bond motifs is 1. The van der Waals surface area contributed by atoms with Crippen molar-refractivity contribution in [2.45, 2.75) is 57.0 Å². The second-order valence-corrected chi connectivity index (χ2v) is 9.80. The Bertz CT molecular complexity index is 1010. The molecule has 1 unspecified atom stereocenters. The lowest BCUT2D eigenvalue weighted by molar-refractivity contribution is -0.131. The zero-order chi connectivity index (χ0) is 22.8. The predicted octanol–water partition coefficient (Wildman–Crippen LogP) is 4.94. The number of aryl methyl sites for hydroxylation is 1. The van der Waals surface area contributed by atoms with E-state index in [1.54, 1.807) is 0 Å². The summed E-state index contributed by atoms with van der Waals surface area (Å²) in [5, 5.41) is 3.01. The third kappa shape index (κ3) is 4.70. The Hall–Kier alpha value is -3.02. The van der Waals surface area contributed by atoms with Crippen molar-refractivity contribution in [1.29, 1.82) is 0 Å². The molecular formula is C27H33N3O3. The molecule has 0 aliphatic carbocycles.